The molecule has 3 rings (SSSR count). The first-order valence-corrected chi connectivity index (χ1v) is 12.9. The molecular weight excluding hydrogens is 478 g/mol. The number of thioether (sulfide) groups is 1. The van der Waals surface area contributed by atoms with Crippen LogP contribution in [0.5, 0.6) is 11.5 Å². The summed E-state index contributed by atoms with van der Waals surface area (Å²) in [4.78, 5) is 27.9. The van der Waals surface area contributed by atoms with E-state index in [2.05, 4.69) is 0 Å². The van der Waals surface area contributed by atoms with E-state index in [1.54, 1.807) is 44.9 Å². The normalized spacial score (nSPS) is 21.6. The number of nitrogens with zero attached hydrogens (tertiary/aromatic N) is 1. The third-order valence-corrected chi connectivity index (χ3v) is 7.61. The quantitative estimate of drug-likeness (QED) is 0.424. The molecule has 0 aromatic heterocycles. The van der Waals surface area contributed by atoms with Gasteiger partial charge in [0.25, 0.3) is 0 Å². The fourth-order valence-corrected chi connectivity index (χ4v) is 5.65. The second kappa shape index (κ2) is 11.6. The molecule has 1 aliphatic heterocycles. The summed E-state index contributed by atoms with van der Waals surface area (Å²) in [6.07, 6.45) is 0.113. The van der Waals surface area contributed by atoms with E-state index in [-0.39, 0.29) is 17.3 Å². The molecule has 0 bridgehead atoms. The number of benzene rings is 2. The highest BCUT2D eigenvalue weighted by atomic mass is 32.2. The van der Waals surface area contributed by atoms with E-state index in [4.69, 9.17) is 18.9 Å². The number of carbonyl (C=O) groups is 2. The third-order valence-electron chi connectivity index (χ3n) is 6.29. The lowest BCUT2D eigenvalue weighted by Crippen LogP contribution is -2.40. The van der Waals surface area contributed by atoms with Crippen molar-refractivity contribution in [3.05, 3.63) is 54.1 Å². The molecule has 7 nitrogen and oxygen atoms in total. The molecule has 1 heterocycles. The number of Topliss-reactive ketones (excluding diaryl/α,β-unsaturated/α-hetero) is 1. The van der Waals surface area contributed by atoms with Gasteiger partial charge >= 0.3 is 6.09 Å². The molecule has 0 radical (unpaired) electrons. The molecule has 36 heavy (non-hydrogen) atoms. The third kappa shape index (κ3) is 6.53. The molecule has 2 aromatic carbocycles. The van der Waals surface area contributed by atoms with Crippen molar-refractivity contribution in [2.24, 2.45) is 0 Å². The van der Waals surface area contributed by atoms with Gasteiger partial charge in [-0.1, -0.05) is 36.0 Å². The summed E-state index contributed by atoms with van der Waals surface area (Å²) in [6.45, 7) is 7.52. The van der Waals surface area contributed by atoms with E-state index in [1.165, 1.54) is 0 Å². The van der Waals surface area contributed by atoms with Crippen molar-refractivity contribution >= 4 is 23.6 Å². The number of carbonyl (C=O) groups excluding carboxylic acids is 2. The monoisotopic (exact) mass is 515 g/mol. The summed E-state index contributed by atoms with van der Waals surface area (Å²) in [5.74, 6) is 1.21. The van der Waals surface area contributed by atoms with Crippen LogP contribution in [0.15, 0.2) is 53.4 Å². The second-order valence-electron chi connectivity index (χ2n) is 10.1. The van der Waals surface area contributed by atoms with Crippen LogP contribution in [0.3, 0.4) is 0 Å². The summed E-state index contributed by atoms with van der Waals surface area (Å²) in [7, 11) is 4.93. The molecule has 1 aliphatic rings. The van der Waals surface area contributed by atoms with Crippen LogP contribution in [0, 0.1) is 0 Å². The first kappa shape index (κ1) is 27.9. The van der Waals surface area contributed by atoms with Gasteiger partial charge in [-0.2, -0.15) is 0 Å². The van der Waals surface area contributed by atoms with Gasteiger partial charge in [0.2, 0.25) is 0 Å². The number of ether oxygens (including phenoxy) is 4. The van der Waals surface area contributed by atoms with Crippen LogP contribution in [-0.2, 0) is 19.7 Å². The molecule has 1 unspecified atom stereocenters. The lowest BCUT2D eigenvalue weighted by atomic mass is 9.75. The van der Waals surface area contributed by atoms with Crippen molar-refractivity contribution in [2.75, 3.05) is 27.8 Å². The average Bonchev–Trinajstić information content (AvgIpc) is 3.21. The minimum Gasteiger partial charge on any atom is -0.493 e. The molecule has 1 amide bonds. The zero-order valence-corrected chi connectivity index (χ0v) is 23.0. The van der Waals surface area contributed by atoms with Crippen molar-refractivity contribution in [3.63, 3.8) is 0 Å². The van der Waals surface area contributed by atoms with Crippen molar-refractivity contribution in [3.8, 4) is 11.5 Å². The molecule has 2 aromatic rings. The number of hydrogen-bond acceptors (Lipinski definition) is 7. The molecule has 0 spiro atoms. The molecule has 8 heteroatoms. The maximum Gasteiger partial charge on any atom is 0.410 e. The van der Waals surface area contributed by atoms with Gasteiger partial charge in [0.1, 0.15) is 17.1 Å². The van der Waals surface area contributed by atoms with Crippen LogP contribution >= 0.6 is 11.8 Å². The van der Waals surface area contributed by atoms with Gasteiger partial charge in [0.05, 0.1) is 14.2 Å². The van der Waals surface area contributed by atoms with Crippen LogP contribution in [-0.4, -0.2) is 61.7 Å². The fraction of sp³-hybridized carbons (Fsp3) is 0.500. The fourth-order valence-electron chi connectivity index (χ4n) is 4.32. The summed E-state index contributed by atoms with van der Waals surface area (Å²) < 4.78 is 23.0. The minimum absolute atomic E-state index is 0.0171. The summed E-state index contributed by atoms with van der Waals surface area (Å²) in [5.41, 5.74) is -0.560. The number of methoxy groups -OCH3 is 2. The van der Waals surface area contributed by atoms with E-state index < -0.39 is 17.1 Å². The van der Waals surface area contributed by atoms with Crippen LogP contribution in [0.25, 0.3) is 0 Å². The Morgan fingerprint density at radius 2 is 1.75 bits per heavy atom. The SMILES string of the molecule is COc1ccc([C@@]2(CCN(C)C(=O)OC(C)(C)C)C[C@H](C(C)=O)OC2Sc2ccccc2)cc1OC. The van der Waals surface area contributed by atoms with Gasteiger partial charge in [-0.15, -0.1) is 0 Å². The van der Waals surface area contributed by atoms with Crippen LogP contribution < -0.4 is 9.47 Å². The topological polar surface area (TPSA) is 74.3 Å². The minimum atomic E-state index is -0.589. The van der Waals surface area contributed by atoms with Crippen LogP contribution in [0.2, 0.25) is 0 Å². The Hall–Kier alpha value is -2.71. The van der Waals surface area contributed by atoms with Crippen molar-refractivity contribution in [1.29, 1.82) is 0 Å². The average molecular weight is 516 g/mol. The molecule has 196 valence electrons. The van der Waals surface area contributed by atoms with Crippen molar-refractivity contribution in [2.45, 2.75) is 68.0 Å². The molecule has 0 N–H and O–H groups in total. The maximum atomic E-state index is 12.7. The van der Waals surface area contributed by atoms with E-state index in [9.17, 15) is 9.59 Å². The van der Waals surface area contributed by atoms with Gasteiger partial charge in [-0.05, 0) is 70.4 Å². The zero-order valence-electron chi connectivity index (χ0n) is 22.2. The molecule has 1 fully saturated rings. The highest BCUT2D eigenvalue weighted by Crippen LogP contribution is 2.52. The first-order valence-electron chi connectivity index (χ1n) is 12.0. The Kier molecular flexibility index (Phi) is 8.95. The van der Waals surface area contributed by atoms with Gasteiger partial charge in [0.15, 0.2) is 17.3 Å². The van der Waals surface area contributed by atoms with E-state index in [0.717, 1.165) is 10.5 Å². The smallest absolute Gasteiger partial charge is 0.410 e. The standard InChI is InChI=1S/C28H37NO6S/c1-19(30)24-18-28(15-16-29(5)26(31)35-27(2,3)4,20-13-14-22(32-6)23(17-20)33-7)25(34-24)36-21-11-9-8-10-12-21/h8-14,17,24-25H,15-16,18H2,1-7H3/t24-,25?,28-/m1/s1. The predicted octanol–water partition coefficient (Wildman–Crippen LogP) is 5.69. The Balaban J connectivity index is 2.03. The van der Waals surface area contributed by atoms with Crippen molar-refractivity contribution < 1.29 is 28.5 Å². The largest absolute Gasteiger partial charge is 0.493 e. The Bertz CT molecular complexity index is 1050. The lowest BCUT2D eigenvalue weighted by Gasteiger charge is -2.36. The van der Waals surface area contributed by atoms with E-state index >= 15 is 0 Å². The van der Waals surface area contributed by atoms with Gasteiger partial charge < -0.3 is 23.8 Å². The first-order chi connectivity index (χ1) is 17.0. The predicted molar refractivity (Wildman–Crippen MR) is 141 cm³/mol. The maximum absolute atomic E-state index is 12.7. The van der Waals surface area contributed by atoms with Gasteiger partial charge in [0, 0.05) is 23.9 Å². The lowest BCUT2D eigenvalue weighted by molar-refractivity contribution is -0.126. The van der Waals surface area contributed by atoms with Crippen molar-refractivity contribution in [1.82, 2.24) is 4.90 Å². The number of hydrogen-bond donors (Lipinski definition) is 0. The number of ketones is 1. The zero-order chi connectivity index (χ0) is 26.5. The second-order valence-corrected chi connectivity index (χ2v) is 11.2. The summed E-state index contributed by atoms with van der Waals surface area (Å²) in [5, 5.41) is 0. The number of rotatable bonds is 9. The Morgan fingerprint density at radius 1 is 1.08 bits per heavy atom. The van der Waals surface area contributed by atoms with Gasteiger partial charge in [-0.25, -0.2) is 4.79 Å². The van der Waals surface area contributed by atoms with Gasteiger partial charge in [-0.3, -0.25) is 4.79 Å². The summed E-state index contributed by atoms with van der Waals surface area (Å²) >= 11 is 1.59. The molecular formula is C28H37NO6S. The van der Waals surface area contributed by atoms with E-state index in [1.807, 2.05) is 69.3 Å². The highest BCUT2D eigenvalue weighted by molar-refractivity contribution is 7.99. The molecule has 1 saturated heterocycles. The van der Waals surface area contributed by atoms with Crippen LogP contribution in [0.1, 0.15) is 46.1 Å². The summed E-state index contributed by atoms with van der Waals surface area (Å²) in [6, 6.07) is 15.8. The number of amides is 1. The molecule has 3 atom stereocenters. The molecule has 0 aliphatic carbocycles. The Labute approximate surface area is 218 Å². The Morgan fingerprint density at radius 3 is 2.33 bits per heavy atom. The molecule has 0 saturated carbocycles. The van der Waals surface area contributed by atoms with E-state index in [0.29, 0.717) is 30.9 Å². The van der Waals surface area contributed by atoms with Crippen LogP contribution in [0.4, 0.5) is 4.79 Å². The highest BCUT2D eigenvalue weighted by Gasteiger charge is 2.51.